The maximum Gasteiger partial charge on any atom is 0.324 e. The van der Waals surface area contributed by atoms with Crippen molar-refractivity contribution in [3.8, 4) is 0 Å². The average molecular weight is 405 g/mol. The number of nitrogens with zero attached hydrogens (tertiary/aromatic N) is 1. The number of hydrogen-bond donors (Lipinski definition) is 1. The fourth-order valence-electron chi connectivity index (χ4n) is 1.78. The molecular weight excluding hydrogens is 394 g/mol. The van der Waals surface area contributed by atoms with Gasteiger partial charge in [0.2, 0.25) is 0 Å². The molecule has 0 saturated heterocycles. The van der Waals surface area contributed by atoms with E-state index >= 15 is 0 Å². The van der Waals surface area contributed by atoms with E-state index in [9.17, 15) is 13.2 Å². The van der Waals surface area contributed by atoms with Crippen LogP contribution in [0.3, 0.4) is 0 Å². The first kappa shape index (κ1) is 16.8. The molecule has 0 aliphatic rings. The second kappa shape index (κ2) is 6.68. The molecule has 8 heteroatoms. The molecule has 0 fully saturated rings. The summed E-state index contributed by atoms with van der Waals surface area (Å²) in [6.45, 7) is -0.674. The zero-order chi connectivity index (χ0) is 16.3. The quantitative estimate of drug-likeness (QED) is 0.829. The maximum atomic E-state index is 12.7. The van der Waals surface area contributed by atoms with Crippen LogP contribution in [0.1, 0.15) is 0 Å². The van der Waals surface area contributed by atoms with Crippen LogP contribution in [0.4, 0.5) is 5.69 Å². The van der Waals surface area contributed by atoms with E-state index in [-0.39, 0.29) is 10.6 Å². The molecule has 0 bridgehead atoms. The van der Waals surface area contributed by atoms with Crippen molar-refractivity contribution >= 4 is 49.2 Å². The van der Waals surface area contributed by atoms with Gasteiger partial charge in [0.15, 0.2) is 0 Å². The minimum atomic E-state index is -4.00. The second-order valence-corrected chi connectivity index (χ2v) is 7.55. The van der Waals surface area contributed by atoms with Crippen LogP contribution in [0.2, 0.25) is 5.02 Å². The van der Waals surface area contributed by atoms with Crippen LogP contribution in [0, 0.1) is 0 Å². The number of benzene rings is 2. The number of halogens is 2. The smallest absolute Gasteiger partial charge is 0.324 e. The summed E-state index contributed by atoms with van der Waals surface area (Å²) in [5.74, 6) is -1.25. The first-order valence-electron chi connectivity index (χ1n) is 6.06. The summed E-state index contributed by atoms with van der Waals surface area (Å²) in [6.07, 6.45) is 0. The largest absolute Gasteiger partial charge is 0.480 e. The number of carboxylic acid groups (broad SMARTS) is 1. The van der Waals surface area contributed by atoms with Gasteiger partial charge in [0.1, 0.15) is 6.54 Å². The SMILES string of the molecule is O=C(O)CN(c1ccc(Br)cc1)S(=O)(=O)c1ccc(Cl)cc1. The maximum absolute atomic E-state index is 12.7. The van der Waals surface area contributed by atoms with Gasteiger partial charge in [-0.05, 0) is 48.5 Å². The van der Waals surface area contributed by atoms with Gasteiger partial charge in [-0.25, -0.2) is 8.42 Å². The summed E-state index contributed by atoms with van der Waals surface area (Å²) < 4.78 is 26.9. The van der Waals surface area contributed by atoms with Gasteiger partial charge in [-0.1, -0.05) is 27.5 Å². The normalized spacial score (nSPS) is 11.2. The predicted molar refractivity (Wildman–Crippen MR) is 87.8 cm³/mol. The zero-order valence-corrected chi connectivity index (χ0v) is 14.3. The molecule has 0 spiro atoms. The van der Waals surface area contributed by atoms with E-state index < -0.39 is 22.5 Å². The molecule has 116 valence electrons. The Morgan fingerprint density at radius 2 is 1.64 bits per heavy atom. The highest BCUT2D eigenvalue weighted by Gasteiger charge is 2.26. The number of anilines is 1. The highest BCUT2D eigenvalue weighted by atomic mass is 79.9. The Morgan fingerprint density at radius 1 is 1.09 bits per heavy atom. The number of carboxylic acids is 1. The van der Waals surface area contributed by atoms with Crippen molar-refractivity contribution < 1.29 is 18.3 Å². The predicted octanol–water partition coefficient (Wildman–Crippen LogP) is 3.38. The molecule has 0 heterocycles. The molecule has 5 nitrogen and oxygen atoms in total. The minimum Gasteiger partial charge on any atom is -0.480 e. The first-order chi connectivity index (χ1) is 10.3. The van der Waals surface area contributed by atoms with E-state index in [1.807, 2.05) is 0 Å². The van der Waals surface area contributed by atoms with Crippen molar-refractivity contribution in [2.75, 3.05) is 10.8 Å². The third-order valence-corrected chi connectivity index (χ3v) is 5.36. The average Bonchev–Trinajstić information content (AvgIpc) is 2.46. The lowest BCUT2D eigenvalue weighted by Crippen LogP contribution is -2.35. The van der Waals surface area contributed by atoms with Gasteiger partial charge in [-0.2, -0.15) is 0 Å². The Hall–Kier alpha value is -1.57. The Morgan fingerprint density at radius 3 is 2.14 bits per heavy atom. The third kappa shape index (κ3) is 3.79. The molecule has 2 aromatic rings. The summed E-state index contributed by atoms with van der Waals surface area (Å²) in [5.41, 5.74) is 0.264. The lowest BCUT2D eigenvalue weighted by molar-refractivity contribution is -0.135. The Kier molecular flexibility index (Phi) is 5.10. The Labute approximate surface area is 141 Å². The van der Waals surface area contributed by atoms with E-state index in [4.69, 9.17) is 16.7 Å². The van der Waals surface area contributed by atoms with Crippen molar-refractivity contribution in [3.05, 3.63) is 58.0 Å². The molecule has 0 aromatic heterocycles. The molecule has 0 amide bonds. The number of hydrogen-bond acceptors (Lipinski definition) is 3. The van der Waals surface area contributed by atoms with Gasteiger partial charge in [0, 0.05) is 9.50 Å². The van der Waals surface area contributed by atoms with E-state index in [2.05, 4.69) is 15.9 Å². The van der Waals surface area contributed by atoms with Crippen molar-refractivity contribution in [2.45, 2.75) is 4.90 Å². The van der Waals surface area contributed by atoms with Crippen molar-refractivity contribution in [1.29, 1.82) is 0 Å². The van der Waals surface area contributed by atoms with Crippen LogP contribution in [-0.2, 0) is 14.8 Å². The van der Waals surface area contributed by atoms with Crippen molar-refractivity contribution in [3.63, 3.8) is 0 Å². The highest BCUT2D eigenvalue weighted by molar-refractivity contribution is 9.10. The Balaban J connectivity index is 2.50. The number of carbonyl (C=O) groups is 1. The minimum absolute atomic E-state index is 0.0268. The first-order valence-corrected chi connectivity index (χ1v) is 8.67. The molecular formula is C14H11BrClNO4S. The number of aliphatic carboxylic acids is 1. The van der Waals surface area contributed by atoms with Gasteiger partial charge in [-0.3, -0.25) is 9.10 Å². The van der Waals surface area contributed by atoms with Crippen LogP contribution >= 0.6 is 27.5 Å². The highest BCUT2D eigenvalue weighted by Crippen LogP contribution is 2.25. The van der Waals surface area contributed by atoms with E-state index in [1.54, 1.807) is 12.1 Å². The van der Waals surface area contributed by atoms with Crippen LogP contribution in [0.25, 0.3) is 0 Å². The fourth-order valence-corrected chi connectivity index (χ4v) is 3.58. The second-order valence-electron chi connectivity index (χ2n) is 4.34. The van der Waals surface area contributed by atoms with Crippen molar-refractivity contribution in [1.82, 2.24) is 0 Å². The summed E-state index contributed by atoms with van der Waals surface area (Å²) in [7, 11) is -4.00. The number of sulfonamides is 1. The molecule has 2 aromatic carbocycles. The third-order valence-electron chi connectivity index (χ3n) is 2.80. The lowest BCUT2D eigenvalue weighted by atomic mass is 10.3. The topological polar surface area (TPSA) is 74.7 Å². The molecule has 0 aliphatic heterocycles. The monoisotopic (exact) mass is 403 g/mol. The standard InChI is InChI=1S/C14H11BrClNO4S/c15-10-1-5-12(6-2-10)17(9-14(18)19)22(20,21)13-7-3-11(16)4-8-13/h1-8H,9H2,(H,18,19). The van der Waals surface area contributed by atoms with Crippen LogP contribution < -0.4 is 4.31 Å². The van der Waals surface area contributed by atoms with Crippen LogP contribution in [0.5, 0.6) is 0 Å². The summed E-state index contributed by atoms with van der Waals surface area (Å²) >= 11 is 9.00. The lowest BCUT2D eigenvalue weighted by Gasteiger charge is -2.22. The summed E-state index contributed by atoms with van der Waals surface area (Å²) in [6, 6.07) is 11.9. The summed E-state index contributed by atoms with van der Waals surface area (Å²) in [5, 5.41) is 9.41. The fraction of sp³-hybridized carbons (Fsp3) is 0.0714. The molecule has 0 aliphatic carbocycles. The van der Waals surface area contributed by atoms with Gasteiger partial charge in [0.05, 0.1) is 10.6 Å². The molecule has 22 heavy (non-hydrogen) atoms. The molecule has 0 atom stereocenters. The van der Waals surface area contributed by atoms with Gasteiger partial charge < -0.3 is 5.11 Å². The molecule has 0 unspecified atom stereocenters. The molecule has 1 N–H and O–H groups in total. The molecule has 2 rings (SSSR count). The summed E-state index contributed by atoms with van der Waals surface area (Å²) in [4.78, 5) is 11.0. The molecule has 0 radical (unpaired) electrons. The van der Waals surface area contributed by atoms with Crippen LogP contribution in [0.15, 0.2) is 57.9 Å². The molecule has 0 saturated carbocycles. The van der Waals surface area contributed by atoms with E-state index in [0.717, 1.165) is 8.78 Å². The van der Waals surface area contributed by atoms with Crippen LogP contribution in [-0.4, -0.2) is 26.0 Å². The van der Waals surface area contributed by atoms with Gasteiger partial charge in [0.25, 0.3) is 10.0 Å². The number of rotatable bonds is 5. The van der Waals surface area contributed by atoms with Gasteiger partial charge in [-0.15, -0.1) is 0 Å². The van der Waals surface area contributed by atoms with Gasteiger partial charge >= 0.3 is 5.97 Å². The zero-order valence-electron chi connectivity index (χ0n) is 11.1. The van der Waals surface area contributed by atoms with E-state index in [0.29, 0.717) is 5.02 Å². The van der Waals surface area contributed by atoms with E-state index in [1.165, 1.54) is 36.4 Å². The Bertz CT molecular complexity index is 775. The van der Waals surface area contributed by atoms with Crippen molar-refractivity contribution in [2.24, 2.45) is 0 Å².